The smallest absolute Gasteiger partial charge is 0.244 e. The van der Waals surface area contributed by atoms with E-state index >= 15 is 0 Å². The lowest BCUT2D eigenvalue weighted by molar-refractivity contribution is -0.119. The summed E-state index contributed by atoms with van der Waals surface area (Å²) in [7, 11) is 0. The SMILES string of the molecule is C=C/C(=C\N=C(C)CC)CN(C(=O)C1CC1c1ccccc1)c1ccc2c(c1)C(NOSOc1ccc(F)cc1)CC2. The van der Waals surface area contributed by atoms with Gasteiger partial charge in [-0.2, -0.15) is 9.76 Å². The number of rotatable bonds is 13. The highest BCUT2D eigenvalue weighted by atomic mass is 32.2. The molecule has 0 aliphatic heterocycles. The first-order chi connectivity index (χ1) is 20.5. The molecule has 0 saturated heterocycles. The first-order valence-electron chi connectivity index (χ1n) is 14.3. The number of benzene rings is 3. The van der Waals surface area contributed by atoms with Crippen molar-refractivity contribution in [3.63, 3.8) is 0 Å². The summed E-state index contributed by atoms with van der Waals surface area (Å²) in [6, 6.07) is 22.2. The molecule has 1 fully saturated rings. The number of hydroxylamine groups is 1. The highest BCUT2D eigenvalue weighted by Gasteiger charge is 2.46. The van der Waals surface area contributed by atoms with Crippen LogP contribution in [0.2, 0.25) is 0 Å². The van der Waals surface area contributed by atoms with Gasteiger partial charge in [0, 0.05) is 23.5 Å². The van der Waals surface area contributed by atoms with Crippen LogP contribution in [0.4, 0.5) is 10.1 Å². The maximum atomic E-state index is 14.0. The molecule has 0 heterocycles. The molecule has 1 N–H and O–H groups in total. The van der Waals surface area contributed by atoms with Gasteiger partial charge in [0.05, 0.1) is 12.6 Å². The number of fused-ring (bicyclic) bond motifs is 1. The number of hydrogen-bond donors (Lipinski definition) is 1. The van der Waals surface area contributed by atoms with E-state index < -0.39 is 0 Å². The molecule has 2 aliphatic carbocycles. The highest BCUT2D eigenvalue weighted by Crippen LogP contribution is 2.49. The van der Waals surface area contributed by atoms with E-state index in [9.17, 15) is 9.18 Å². The number of amides is 1. The van der Waals surface area contributed by atoms with Crippen LogP contribution in [0.5, 0.6) is 5.75 Å². The van der Waals surface area contributed by atoms with Crippen LogP contribution < -0.4 is 14.6 Å². The van der Waals surface area contributed by atoms with Crippen molar-refractivity contribution in [3.05, 3.63) is 120 Å². The van der Waals surface area contributed by atoms with Gasteiger partial charge in [-0.15, -0.1) is 0 Å². The average molecular weight is 586 g/mol. The van der Waals surface area contributed by atoms with Gasteiger partial charge in [-0.05, 0) is 97.2 Å². The van der Waals surface area contributed by atoms with Crippen molar-refractivity contribution in [2.45, 2.75) is 51.5 Å². The van der Waals surface area contributed by atoms with Crippen molar-refractivity contribution in [1.29, 1.82) is 0 Å². The van der Waals surface area contributed by atoms with E-state index in [1.54, 1.807) is 6.08 Å². The number of aryl methyl sites for hydroxylation is 1. The molecule has 3 aromatic rings. The molecule has 1 saturated carbocycles. The fourth-order valence-electron chi connectivity index (χ4n) is 5.16. The number of nitrogens with one attached hydrogen (secondary N) is 1. The Morgan fingerprint density at radius 2 is 1.95 bits per heavy atom. The van der Waals surface area contributed by atoms with Gasteiger partial charge >= 0.3 is 0 Å². The third-order valence-corrected chi connectivity index (χ3v) is 8.28. The van der Waals surface area contributed by atoms with E-state index in [-0.39, 0.29) is 29.6 Å². The standard InChI is InChI=1S/C34H36FN3O3S/c1-4-23(3)36-21-24(5-2)22-38(34(39)32-20-30(32)25-9-7-6-8-10-25)28-15-11-26-12-18-33(31(26)19-28)37-41-42-40-29-16-13-27(35)14-17-29/h5-11,13-17,19,21,30,32-33,37H,2,4,12,18,20,22H2,1,3H3/b24-21+,36-23?. The molecule has 3 aromatic carbocycles. The zero-order valence-electron chi connectivity index (χ0n) is 24.0. The number of carbonyl (C=O) groups excluding carboxylic acids is 1. The fraction of sp³-hybridized carbons (Fsp3) is 0.294. The Morgan fingerprint density at radius 3 is 2.69 bits per heavy atom. The van der Waals surface area contributed by atoms with E-state index in [2.05, 4.69) is 48.2 Å². The molecular formula is C34H36FN3O3S. The van der Waals surface area contributed by atoms with Crippen LogP contribution in [0, 0.1) is 11.7 Å². The molecule has 5 rings (SSSR count). The number of aliphatic imine (C=N–C) groups is 1. The molecule has 3 unspecified atom stereocenters. The minimum atomic E-state index is -0.325. The Balaban J connectivity index is 1.33. The van der Waals surface area contributed by atoms with E-state index in [0.717, 1.165) is 60.5 Å². The van der Waals surface area contributed by atoms with E-state index in [1.807, 2.05) is 42.3 Å². The lowest BCUT2D eigenvalue weighted by Gasteiger charge is -2.25. The summed E-state index contributed by atoms with van der Waals surface area (Å²) in [5.74, 6) is 0.437. The maximum Gasteiger partial charge on any atom is 0.244 e. The predicted molar refractivity (Wildman–Crippen MR) is 168 cm³/mol. The third kappa shape index (κ3) is 7.37. The van der Waals surface area contributed by atoms with Crippen LogP contribution >= 0.6 is 12.3 Å². The second kappa shape index (κ2) is 14.0. The lowest BCUT2D eigenvalue weighted by Crippen LogP contribution is -2.34. The number of anilines is 1. The quantitative estimate of drug-likeness (QED) is 0.0723. The Morgan fingerprint density at radius 1 is 1.17 bits per heavy atom. The van der Waals surface area contributed by atoms with Crippen molar-refractivity contribution < 1.29 is 17.7 Å². The minimum Gasteiger partial charge on any atom is -0.399 e. The molecule has 1 amide bonds. The average Bonchev–Trinajstić information content (AvgIpc) is 3.73. The van der Waals surface area contributed by atoms with Gasteiger partial charge in [-0.3, -0.25) is 9.79 Å². The van der Waals surface area contributed by atoms with Gasteiger partial charge in [-0.25, -0.2) is 4.39 Å². The van der Waals surface area contributed by atoms with Crippen LogP contribution in [0.3, 0.4) is 0 Å². The fourth-order valence-corrected chi connectivity index (χ4v) is 5.54. The van der Waals surface area contributed by atoms with E-state index in [1.165, 1.54) is 35.4 Å². The number of nitrogens with zero attached hydrogens (tertiary/aromatic N) is 2. The Bertz CT molecular complexity index is 1460. The summed E-state index contributed by atoms with van der Waals surface area (Å²) in [5, 5.41) is 0. The summed E-state index contributed by atoms with van der Waals surface area (Å²) in [4.78, 5) is 20.5. The normalized spacial score (nSPS) is 19.7. The molecule has 218 valence electrons. The molecule has 8 heteroatoms. The summed E-state index contributed by atoms with van der Waals surface area (Å²) in [6.45, 7) is 8.44. The van der Waals surface area contributed by atoms with Gasteiger partial charge in [0.15, 0.2) is 0 Å². The van der Waals surface area contributed by atoms with E-state index in [4.69, 9.17) is 8.47 Å². The minimum absolute atomic E-state index is 0.0644. The molecule has 2 aliphatic rings. The predicted octanol–water partition coefficient (Wildman–Crippen LogP) is 8.05. The second-order valence-electron chi connectivity index (χ2n) is 10.7. The molecule has 0 spiro atoms. The summed E-state index contributed by atoms with van der Waals surface area (Å²) in [5.41, 5.74) is 9.33. The summed E-state index contributed by atoms with van der Waals surface area (Å²) in [6.07, 6.45) is 7.05. The largest absolute Gasteiger partial charge is 0.399 e. The van der Waals surface area contributed by atoms with Crippen molar-refractivity contribution in [3.8, 4) is 5.75 Å². The molecule has 6 nitrogen and oxygen atoms in total. The second-order valence-corrected chi connectivity index (χ2v) is 11.2. The third-order valence-electron chi connectivity index (χ3n) is 7.85. The monoisotopic (exact) mass is 585 g/mol. The zero-order valence-corrected chi connectivity index (χ0v) is 24.8. The van der Waals surface area contributed by atoms with Crippen molar-refractivity contribution >= 4 is 29.6 Å². The molecule has 42 heavy (non-hydrogen) atoms. The zero-order chi connectivity index (χ0) is 29.5. The first kappa shape index (κ1) is 29.8. The summed E-state index contributed by atoms with van der Waals surface area (Å²) >= 11 is 0.791. The molecule has 0 bridgehead atoms. The Labute approximate surface area is 251 Å². The van der Waals surface area contributed by atoms with E-state index in [0.29, 0.717) is 12.3 Å². The first-order valence-corrected chi connectivity index (χ1v) is 15.0. The van der Waals surface area contributed by atoms with Gasteiger partial charge < -0.3 is 9.08 Å². The highest BCUT2D eigenvalue weighted by molar-refractivity contribution is 7.90. The van der Waals surface area contributed by atoms with Crippen molar-refractivity contribution in [2.24, 2.45) is 10.9 Å². The van der Waals surface area contributed by atoms with Gasteiger partial charge in [0.25, 0.3) is 0 Å². The number of halogens is 1. The lowest BCUT2D eigenvalue weighted by atomic mass is 10.1. The van der Waals surface area contributed by atoms with Gasteiger partial charge in [-0.1, -0.05) is 56.0 Å². The van der Waals surface area contributed by atoms with Crippen LogP contribution in [0.25, 0.3) is 0 Å². The van der Waals surface area contributed by atoms with Crippen LogP contribution in [0.1, 0.15) is 61.8 Å². The van der Waals surface area contributed by atoms with Crippen molar-refractivity contribution in [2.75, 3.05) is 11.4 Å². The summed E-state index contributed by atoms with van der Waals surface area (Å²) < 4.78 is 24.2. The van der Waals surface area contributed by atoms with Crippen LogP contribution in [0.15, 0.2) is 102 Å². The number of carbonyl (C=O) groups is 1. The van der Waals surface area contributed by atoms with Crippen LogP contribution in [-0.2, 0) is 15.5 Å². The van der Waals surface area contributed by atoms with Gasteiger partial charge in [0.2, 0.25) is 18.2 Å². The van der Waals surface area contributed by atoms with Crippen molar-refractivity contribution in [1.82, 2.24) is 5.48 Å². The molecule has 3 atom stereocenters. The molecule has 0 aromatic heterocycles. The molecular weight excluding hydrogens is 549 g/mol. The number of hydrogen-bond acceptors (Lipinski definition) is 6. The maximum absolute atomic E-state index is 14.0. The Kier molecular flexibility index (Phi) is 9.89. The Hall–Kier alpha value is -3.72. The molecule has 0 radical (unpaired) electrons. The van der Waals surface area contributed by atoms with Gasteiger partial charge in [0.1, 0.15) is 11.6 Å². The topological polar surface area (TPSA) is 63.2 Å². The van der Waals surface area contributed by atoms with Crippen LogP contribution in [-0.4, -0.2) is 18.2 Å².